The number of aromatic nitrogens is 1. The predicted octanol–water partition coefficient (Wildman–Crippen LogP) is 3.17. The normalized spacial score (nSPS) is 14.7. The summed E-state index contributed by atoms with van der Waals surface area (Å²) in [6.07, 6.45) is 1.07. The number of amides is 1. The van der Waals surface area contributed by atoms with Gasteiger partial charge in [-0.05, 0) is 37.7 Å². The van der Waals surface area contributed by atoms with Crippen molar-refractivity contribution in [1.82, 2.24) is 14.9 Å². The molecular weight excluding hydrogens is 334 g/mol. The second-order valence-electron chi connectivity index (χ2n) is 6.71. The van der Waals surface area contributed by atoms with Crippen molar-refractivity contribution in [3.63, 3.8) is 0 Å². The first kappa shape index (κ1) is 16.3. The van der Waals surface area contributed by atoms with Crippen LogP contribution in [0.5, 0.6) is 0 Å². The van der Waals surface area contributed by atoms with E-state index in [-0.39, 0.29) is 0 Å². The van der Waals surface area contributed by atoms with E-state index in [1.165, 1.54) is 26.4 Å². The number of thiophene rings is 1. The summed E-state index contributed by atoms with van der Waals surface area (Å²) < 4.78 is 3.85. The average Bonchev–Trinajstić information content (AvgIpc) is 3.12. The first-order chi connectivity index (χ1) is 12.1. The molecule has 2 aromatic heterocycles. The highest BCUT2D eigenvalue weighted by atomic mass is 32.1. The molecule has 0 aliphatic carbocycles. The van der Waals surface area contributed by atoms with Crippen LogP contribution >= 0.6 is 11.3 Å². The lowest BCUT2D eigenvalue weighted by atomic mass is 10.1. The molecule has 0 saturated heterocycles. The Morgan fingerprint density at radius 2 is 2.08 bits per heavy atom. The van der Waals surface area contributed by atoms with Crippen molar-refractivity contribution in [2.45, 2.75) is 26.4 Å². The Balaban J connectivity index is 1.73. The molecule has 0 saturated carbocycles. The number of carbonyl (C=O) groups excluding carboxylic acids is 1. The summed E-state index contributed by atoms with van der Waals surface area (Å²) >= 11 is 1.88. The van der Waals surface area contributed by atoms with Crippen LogP contribution in [0.3, 0.4) is 0 Å². The first-order valence-corrected chi connectivity index (χ1v) is 9.20. The van der Waals surface area contributed by atoms with Gasteiger partial charge < -0.3 is 9.47 Å². The van der Waals surface area contributed by atoms with Crippen molar-refractivity contribution in [3.05, 3.63) is 57.6 Å². The molecule has 0 radical (unpaired) electrons. The standard InChI is InChI=1S/C19H21N3O2S/c1-12-9-17-18(25-12)15-11-21(2)8-7-16(15)22(17)10-13-3-5-14(6-4-13)19(23)20-24/h3-6,9,24H,7-8,10-11H2,1-2H3,(H,20,23). The van der Waals surface area contributed by atoms with Crippen molar-refractivity contribution >= 4 is 27.5 Å². The van der Waals surface area contributed by atoms with E-state index >= 15 is 0 Å². The molecule has 0 atom stereocenters. The zero-order chi connectivity index (χ0) is 17.6. The Labute approximate surface area is 150 Å². The summed E-state index contributed by atoms with van der Waals surface area (Å²) in [6.45, 7) is 5.05. The summed E-state index contributed by atoms with van der Waals surface area (Å²) in [4.78, 5) is 15.2. The molecule has 0 spiro atoms. The lowest BCUT2D eigenvalue weighted by Crippen LogP contribution is -2.27. The number of fused-ring (bicyclic) bond motifs is 3. The Morgan fingerprint density at radius 1 is 1.32 bits per heavy atom. The molecule has 1 aliphatic heterocycles. The zero-order valence-electron chi connectivity index (χ0n) is 14.4. The molecule has 0 fully saturated rings. The largest absolute Gasteiger partial charge is 0.339 e. The van der Waals surface area contributed by atoms with E-state index in [2.05, 4.69) is 29.5 Å². The van der Waals surface area contributed by atoms with Crippen molar-refractivity contribution in [2.75, 3.05) is 13.6 Å². The van der Waals surface area contributed by atoms with Crippen molar-refractivity contribution in [1.29, 1.82) is 0 Å². The van der Waals surface area contributed by atoms with Gasteiger partial charge in [0.25, 0.3) is 5.91 Å². The number of carbonyl (C=O) groups is 1. The van der Waals surface area contributed by atoms with Crippen LogP contribution in [0.2, 0.25) is 0 Å². The fourth-order valence-electron chi connectivity index (χ4n) is 3.64. The van der Waals surface area contributed by atoms with E-state index in [1.807, 2.05) is 23.5 Å². The number of nitrogens with zero attached hydrogens (tertiary/aromatic N) is 2. The molecule has 6 heteroatoms. The van der Waals surface area contributed by atoms with Crippen LogP contribution in [0.25, 0.3) is 10.2 Å². The van der Waals surface area contributed by atoms with E-state index in [0.717, 1.165) is 31.6 Å². The summed E-state index contributed by atoms with van der Waals surface area (Å²) in [5.74, 6) is -0.483. The fourth-order valence-corrected chi connectivity index (χ4v) is 4.71. The van der Waals surface area contributed by atoms with Gasteiger partial charge in [0.1, 0.15) is 0 Å². The highest BCUT2D eigenvalue weighted by Crippen LogP contribution is 2.36. The molecular formula is C19H21N3O2S. The SMILES string of the molecule is Cc1cc2c(s1)c1c(n2Cc2ccc(C(=O)NO)cc2)CCN(C)C1. The number of nitrogens with one attached hydrogen (secondary N) is 1. The average molecular weight is 355 g/mol. The van der Waals surface area contributed by atoms with Gasteiger partial charge >= 0.3 is 0 Å². The maximum absolute atomic E-state index is 11.5. The lowest BCUT2D eigenvalue weighted by Gasteiger charge is -2.24. The molecule has 3 heterocycles. The molecule has 1 aromatic carbocycles. The zero-order valence-corrected chi connectivity index (χ0v) is 15.2. The maximum Gasteiger partial charge on any atom is 0.274 e. The molecule has 3 aromatic rings. The number of hydroxylamine groups is 1. The highest BCUT2D eigenvalue weighted by molar-refractivity contribution is 7.19. The molecule has 25 heavy (non-hydrogen) atoms. The molecule has 1 aliphatic rings. The molecule has 0 bridgehead atoms. The molecule has 4 rings (SSSR count). The molecule has 0 unspecified atom stereocenters. The Morgan fingerprint density at radius 3 is 2.80 bits per heavy atom. The van der Waals surface area contributed by atoms with Crippen molar-refractivity contribution in [2.24, 2.45) is 0 Å². The molecule has 5 nitrogen and oxygen atoms in total. The van der Waals surface area contributed by atoms with E-state index < -0.39 is 5.91 Å². The number of hydrogen-bond donors (Lipinski definition) is 2. The maximum atomic E-state index is 11.5. The molecule has 1 amide bonds. The van der Waals surface area contributed by atoms with Crippen LogP contribution in [0.4, 0.5) is 0 Å². The van der Waals surface area contributed by atoms with Gasteiger partial charge in [0, 0.05) is 47.8 Å². The van der Waals surface area contributed by atoms with Crippen LogP contribution in [0.15, 0.2) is 30.3 Å². The number of aryl methyl sites for hydroxylation is 1. The summed E-state index contributed by atoms with van der Waals surface area (Å²) in [7, 11) is 2.18. The van der Waals surface area contributed by atoms with Gasteiger partial charge in [-0.2, -0.15) is 0 Å². The van der Waals surface area contributed by atoms with E-state index in [4.69, 9.17) is 5.21 Å². The first-order valence-electron chi connectivity index (χ1n) is 8.39. The summed E-state index contributed by atoms with van der Waals surface area (Å²) in [5, 5.41) is 8.73. The third-order valence-electron chi connectivity index (χ3n) is 4.89. The number of likely N-dealkylation sites (N-methyl/N-ethyl adjacent to an activating group) is 1. The van der Waals surface area contributed by atoms with Crippen LogP contribution in [0, 0.1) is 6.92 Å². The van der Waals surface area contributed by atoms with Gasteiger partial charge in [0.15, 0.2) is 0 Å². The molecule has 130 valence electrons. The van der Waals surface area contributed by atoms with E-state index in [1.54, 1.807) is 17.6 Å². The van der Waals surface area contributed by atoms with Gasteiger partial charge in [-0.3, -0.25) is 10.0 Å². The number of hydrogen-bond acceptors (Lipinski definition) is 4. The van der Waals surface area contributed by atoms with Gasteiger partial charge in [0.05, 0.1) is 10.2 Å². The Hall–Kier alpha value is -2.15. The quantitative estimate of drug-likeness (QED) is 0.560. The molecule has 2 N–H and O–H groups in total. The second kappa shape index (κ2) is 6.29. The number of rotatable bonds is 3. The van der Waals surface area contributed by atoms with E-state index in [9.17, 15) is 4.79 Å². The lowest BCUT2D eigenvalue weighted by molar-refractivity contribution is 0.0706. The van der Waals surface area contributed by atoms with Gasteiger partial charge in [-0.1, -0.05) is 12.1 Å². The van der Waals surface area contributed by atoms with Crippen LogP contribution in [-0.2, 0) is 19.5 Å². The minimum absolute atomic E-state index is 0.457. The summed E-state index contributed by atoms with van der Waals surface area (Å²) in [6, 6.07) is 9.70. The van der Waals surface area contributed by atoms with Gasteiger partial charge in [-0.25, -0.2) is 5.48 Å². The van der Waals surface area contributed by atoms with Gasteiger partial charge in [0.2, 0.25) is 0 Å². The fraction of sp³-hybridized carbons (Fsp3) is 0.316. The second-order valence-corrected chi connectivity index (χ2v) is 7.96. The van der Waals surface area contributed by atoms with E-state index in [0.29, 0.717) is 5.56 Å². The topological polar surface area (TPSA) is 57.5 Å². The number of benzene rings is 1. The smallest absolute Gasteiger partial charge is 0.274 e. The Kier molecular flexibility index (Phi) is 4.11. The van der Waals surface area contributed by atoms with Crippen LogP contribution in [0.1, 0.15) is 32.1 Å². The third-order valence-corrected chi connectivity index (χ3v) is 5.99. The van der Waals surface area contributed by atoms with Crippen molar-refractivity contribution in [3.8, 4) is 0 Å². The van der Waals surface area contributed by atoms with Gasteiger partial charge in [-0.15, -0.1) is 11.3 Å². The predicted molar refractivity (Wildman–Crippen MR) is 99.4 cm³/mol. The summed E-state index contributed by atoms with van der Waals surface area (Å²) in [5.41, 5.74) is 7.51. The minimum atomic E-state index is -0.483. The van der Waals surface area contributed by atoms with Crippen LogP contribution < -0.4 is 5.48 Å². The Bertz CT molecular complexity index is 940. The minimum Gasteiger partial charge on any atom is -0.339 e. The highest BCUT2D eigenvalue weighted by Gasteiger charge is 2.23. The monoisotopic (exact) mass is 355 g/mol. The third kappa shape index (κ3) is 2.86. The van der Waals surface area contributed by atoms with Crippen molar-refractivity contribution < 1.29 is 10.0 Å². The van der Waals surface area contributed by atoms with Crippen LogP contribution in [-0.4, -0.2) is 34.2 Å².